The fourth-order valence-electron chi connectivity index (χ4n) is 2.08. The van der Waals surface area contributed by atoms with Gasteiger partial charge in [-0.25, -0.2) is 0 Å². The molecule has 88 valence electrons. The number of hydrogen-bond donors (Lipinski definition) is 2. The first-order valence-electron chi connectivity index (χ1n) is 5.44. The molecule has 0 amide bonds. The van der Waals surface area contributed by atoms with Crippen LogP contribution >= 0.6 is 11.3 Å². The summed E-state index contributed by atoms with van der Waals surface area (Å²) >= 11 is 1.61. The monoisotopic (exact) mass is 240 g/mol. The van der Waals surface area contributed by atoms with E-state index in [2.05, 4.69) is 5.32 Å². The Labute approximate surface area is 98.8 Å². The molecule has 1 aromatic heterocycles. The minimum atomic E-state index is -0.120. The minimum absolute atomic E-state index is 0.0964. The van der Waals surface area contributed by atoms with Gasteiger partial charge in [0.1, 0.15) is 0 Å². The lowest BCUT2D eigenvalue weighted by atomic mass is 9.94. The van der Waals surface area contributed by atoms with E-state index in [9.17, 15) is 4.79 Å². The number of nitrogen functional groups attached to an aromatic ring is 1. The SMILES string of the molecule is CCOC(=O)[C@@H]1CNC[C@@H]1c1sccc1N. The number of esters is 1. The predicted octanol–water partition coefficient (Wildman–Crippen LogP) is 1.20. The Kier molecular flexibility index (Phi) is 3.46. The van der Waals surface area contributed by atoms with Gasteiger partial charge in [0.25, 0.3) is 0 Å². The summed E-state index contributed by atoms with van der Waals surface area (Å²) in [6, 6.07) is 1.89. The van der Waals surface area contributed by atoms with Gasteiger partial charge in [-0.15, -0.1) is 11.3 Å². The second-order valence-electron chi connectivity index (χ2n) is 3.86. The molecule has 0 spiro atoms. The van der Waals surface area contributed by atoms with Gasteiger partial charge in [-0.3, -0.25) is 4.79 Å². The van der Waals surface area contributed by atoms with Gasteiger partial charge in [-0.1, -0.05) is 0 Å². The van der Waals surface area contributed by atoms with E-state index in [0.29, 0.717) is 13.2 Å². The lowest BCUT2D eigenvalue weighted by Gasteiger charge is -2.16. The fraction of sp³-hybridized carbons (Fsp3) is 0.545. The quantitative estimate of drug-likeness (QED) is 0.779. The summed E-state index contributed by atoms with van der Waals surface area (Å²) in [7, 11) is 0. The van der Waals surface area contributed by atoms with Gasteiger partial charge in [0.15, 0.2) is 0 Å². The molecule has 0 bridgehead atoms. The molecule has 2 heterocycles. The Balaban J connectivity index is 2.15. The third kappa shape index (κ3) is 2.05. The van der Waals surface area contributed by atoms with Crippen molar-refractivity contribution in [2.75, 3.05) is 25.4 Å². The van der Waals surface area contributed by atoms with Gasteiger partial charge < -0.3 is 15.8 Å². The molecule has 0 aromatic carbocycles. The third-order valence-electron chi connectivity index (χ3n) is 2.87. The Morgan fingerprint density at radius 3 is 3.12 bits per heavy atom. The van der Waals surface area contributed by atoms with Crippen LogP contribution in [0.25, 0.3) is 0 Å². The topological polar surface area (TPSA) is 64.3 Å². The molecule has 1 aromatic rings. The number of thiophene rings is 1. The molecule has 2 atom stereocenters. The summed E-state index contributed by atoms with van der Waals surface area (Å²) in [6.07, 6.45) is 0. The zero-order valence-corrected chi connectivity index (χ0v) is 10.0. The summed E-state index contributed by atoms with van der Waals surface area (Å²) in [6.45, 7) is 3.74. The summed E-state index contributed by atoms with van der Waals surface area (Å²) in [5.41, 5.74) is 6.67. The number of ether oxygens (including phenoxy) is 1. The second kappa shape index (κ2) is 4.84. The van der Waals surface area contributed by atoms with Crippen molar-refractivity contribution in [2.24, 2.45) is 5.92 Å². The molecule has 1 aliphatic heterocycles. The fourth-order valence-corrected chi connectivity index (χ4v) is 3.07. The molecular weight excluding hydrogens is 224 g/mol. The van der Waals surface area contributed by atoms with Crippen molar-refractivity contribution < 1.29 is 9.53 Å². The van der Waals surface area contributed by atoms with Crippen LogP contribution in [0.3, 0.4) is 0 Å². The Morgan fingerprint density at radius 1 is 1.69 bits per heavy atom. The zero-order valence-electron chi connectivity index (χ0n) is 9.23. The molecule has 0 saturated carbocycles. The van der Waals surface area contributed by atoms with E-state index in [-0.39, 0.29) is 17.8 Å². The van der Waals surface area contributed by atoms with E-state index in [1.54, 1.807) is 11.3 Å². The van der Waals surface area contributed by atoms with Crippen LogP contribution in [0.15, 0.2) is 11.4 Å². The third-order valence-corrected chi connectivity index (χ3v) is 3.93. The van der Waals surface area contributed by atoms with Crippen LogP contribution < -0.4 is 11.1 Å². The molecule has 0 aliphatic carbocycles. The van der Waals surface area contributed by atoms with Gasteiger partial charge in [0, 0.05) is 29.6 Å². The number of carbonyl (C=O) groups is 1. The molecule has 2 rings (SSSR count). The highest BCUT2D eigenvalue weighted by Crippen LogP contribution is 2.36. The lowest BCUT2D eigenvalue weighted by Crippen LogP contribution is -2.24. The molecule has 0 unspecified atom stereocenters. The largest absolute Gasteiger partial charge is 0.466 e. The van der Waals surface area contributed by atoms with Crippen LogP contribution in [-0.4, -0.2) is 25.7 Å². The molecule has 1 fully saturated rings. The van der Waals surface area contributed by atoms with Crippen LogP contribution in [0.1, 0.15) is 17.7 Å². The van der Waals surface area contributed by atoms with Crippen molar-refractivity contribution in [3.63, 3.8) is 0 Å². The molecule has 0 radical (unpaired) electrons. The Bertz CT molecular complexity index is 378. The van der Waals surface area contributed by atoms with Gasteiger partial charge in [0.05, 0.1) is 12.5 Å². The van der Waals surface area contributed by atoms with E-state index in [1.807, 2.05) is 18.4 Å². The normalized spacial score (nSPS) is 24.6. The zero-order chi connectivity index (χ0) is 11.5. The highest BCUT2D eigenvalue weighted by atomic mass is 32.1. The standard InChI is InChI=1S/C11H16N2O2S/c1-2-15-11(14)8-6-13-5-7(8)10-9(12)3-4-16-10/h3-4,7-8,13H,2,5-6,12H2,1H3/t7-,8+/m0/s1. The molecule has 4 nitrogen and oxygen atoms in total. The van der Waals surface area contributed by atoms with Crippen LogP contribution in [0.5, 0.6) is 0 Å². The summed E-state index contributed by atoms with van der Waals surface area (Å²) in [4.78, 5) is 12.9. The first-order valence-corrected chi connectivity index (χ1v) is 6.32. The van der Waals surface area contributed by atoms with Gasteiger partial charge >= 0.3 is 5.97 Å². The van der Waals surface area contributed by atoms with Crippen molar-refractivity contribution in [3.8, 4) is 0 Å². The highest BCUT2D eigenvalue weighted by Gasteiger charge is 2.36. The molecular formula is C11H16N2O2S. The van der Waals surface area contributed by atoms with Gasteiger partial charge in [0.2, 0.25) is 0 Å². The van der Waals surface area contributed by atoms with Gasteiger partial charge in [-0.05, 0) is 18.4 Å². The maximum Gasteiger partial charge on any atom is 0.310 e. The van der Waals surface area contributed by atoms with Crippen LogP contribution in [0.2, 0.25) is 0 Å². The lowest BCUT2D eigenvalue weighted by molar-refractivity contribution is -0.147. The molecule has 1 saturated heterocycles. The van der Waals surface area contributed by atoms with Crippen molar-refractivity contribution in [1.29, 1.82) is 0 Å². The molecule has 5 heteroatoms. The number of nitrogens with one attached hydrogen (secondary N) is 1. The predicted molar refractivity (Wildman–Crippen MR) is 64.5 cm³/mol. The first kappa shape index (κ1) is 11.4. The summed E-state index contributed by atoms with van der Waals surface area (Å²) < 4.78 is 5.08. The average molecular weight is 240 g/mol. The molecule has 3 N–H and O–H groups in total. The molecule has 1 aliphatic rings. The summed E-state index contributed by atoms with van der Waals surface area (Å²) in [5.74, 6) is -0.0507. The minimum Gasteiger partial charge on any atom is -0.466 e. The number of hydrogen-bond acceptors (Lipinski definition) is 5. The van der Waals surface area contributed by atoms with E-state index >= 15 is 0 Å². The number of nitrogens with two attached hydrogens (primary N) is 1. The van der Waals surface area contributed by atoms with E-state index in [4.69, 9.17) is 10.5 Å². The van der Waals surface area contributed by atoms with E-state index in [0.717, 1.165) is 17.1 Å². The van der Waals surface area contributed by atoms with Crippen molar-refractivity contribution >= 4 is 23.0 Å². The Morgan fingerprint density at radius 2 is 2.50 bits per heavy atom. The van der Waals surface area contributed by atoms with Crippen LogP contribution in [0.4, 0.5) is 5.69 Å². The Hall–Kier alpha value is -1.07. The average Bonchev–Trinajstić information content (AvgIpc) is 2.85. The number of rotatable bonds is 3. The smallest absolute Gasteiger partial charge is 0.310 e. The van der Waals surface area contributed by atoms with Crippen molar-refractivity contribution in [1.82, 2.24) is 5.32 Å². The molecule has 16 heavy (non-hydrogen) atoms. The number of carbonyl (C=O) groups excluding carboxylic acids is 1. The van der Waals surface area contributed by atoms with Crippen molar-refractivity contribution in [3.05, 3.63) is 16.3 Å². The first-order chi connectivity index (χ1) is 7.74. The maximum atomic E-state index is 11.8. The van der Waals surface area contributed by atoms with E-state index < -0.39 is 0 Å². The maximum absolute atomic E-state index is 11.8. The highest BCUT2D eigenvalue weighted by molar-refractivity contribution is 7.10. The second-order valence-corrected chi connectivity index (χ2v) is 4.81. The van der Waals surface area contributed by atoms with E-state index in [1.165, 1.54) is 0 Å². The number of anilines is 1. The van der Waals surface area contributed by atoms with Crippen molar-refractivity contribution in [2.45, 2.75) is 12.8 Å². The summed E-state index contributed by atoms with van der Waals surface area (Å²) in [5, 5.41) is 5.19. The van der Waals surface area contributed by atoms with Gasteiger partial charge in [-0.2, -0.15) is 0 Å². The van der Waals surface area contributed by atoms with Crippen LogP contribution in [-0.2, 0) is 9.53 Å². The van der Waals surface area contributed by atoms with Crippen LogP contribution in [0, 0.1) is 5.92 Å².